The summed E-state index contributed by atoms with van der Waals surface area (Å²) in [5, 5.41) is 4.21. The van der Waals surface area contributed by atoms with E-state index in [-0.39, 0.29) is 0 Å². The van der Waals surface area contributed by atoms with E-state index in [4.69, 9.17) is 16.3 Å². The molecule has 128 valence electrons. The van der Waals surface area contributed by atoms with Crippen molar-refractivity contribution in [3.05, 3.63) is 92.9 Å². The number of rotatable bonds is 6. The third-order valence-electron chi connectivity index (χ3n) is 4.00. The molecule has 0 saturated heterocycles. The number of hydrogen-bond donors (Lipinski definition) is 1. The fourth-order valence-electron chi connectivity index (χ4n) is 2.55. The van der Waals surface area contributed by atoms with Gasteiger partial charge in [0.25, 0.3) is 0 Å². The molecule has 2 nitrogen and oxygen atoms in total. The zero-order valence-corrected chi connectivity index (χ0v) is 16.3. The van der Waals surface area contributed by atoms with E-state index < -0.39 is 0 Å². The molecule has 0 spiro atoms. The Bertz CT molecular complexity index is 852. The van der Waals surface area contributed by atoms with Crippen molar-refractivity contribution >= 4 is 33.2 Å². The summed E-state index contributed by atoms with van der Waals surface area (Å²) in [6, 6.07) is 22.1. The largest absolute Gasteiger partial charge is 0.489 e. The Balaban J connectivity index is 1.74. The van der Waals surface area contributed by atoms with Gasteiger partial charge in [0, 0.05) is 27.3 Å². The molecule has 4 heteroatoms. The highest BCUT2D eigenvalue weighted by Gasteiger charge is 2.07. The van der Waals surface area contributed by atoms with E-state index in [1.54, 1.807) is 0 Å². The molecule has 0 saturated carbocycles. The molecule has 0 atom stereocenters. The molecular weight excluding hydrogens is 398 g/mol. The molecule has 25 heavy (non-hydrogen) atoms. The van der Waals surface area contributed by atoms with Crippen molar-refractivity contribution in [2.24, 2.45) is 0 Å². The average molecular weight is 417 g/mol. The minimum Gasteiger partial charge on any atom is -0.489 e. The summed E-state index contributed by atoms with van der Waals surface area (Å²) < 4.78 is 7.06. The van der Waals surface area contributed by atoms with E-state index in [2.05, 4.69) is 39.4 Å². The summed E-state index contributed by atoms with van der Waals surface area (Å²) in [6.07, 6.45) is 0. The normalized spacial score (nSPS) is 10.5. The van der Waals surface area contributed by atoms with Gasteiger partial charge in [-0.15, -0.1) is 0 Å². The van der Waals surface area contributed by atoms with Crippen molar-refractivity contribution in [2.45, 2.75) is 20.1 Å². The van der Waals surface area contributed by atoms with E-state index in [0.717, 1.165) is 37.6 Å². The first-order chi connectivity index (χ1) is 12.1. The molecule has 0 aromatic heterocycles. The predicted molar refractivity (Wildman–Crippen MR) is 108 cm³/mol. The molecule has 1 N–H and O–H groups in total. The summed E-state index contributed by atoms with van der Waals surface area (Å²) in [5.74, 6) is 0.874. The molecular formula is C21H19BrClNO. The molecule has 0 aliphatic carbocycles. The van der Waals surface area contributed by atoms with Gasteiger partial charge in [0.15, 0.2) is 0 Å². The molecule has 0 amide bonds. The Hall–Kier alpha value is -1.97. The van der Waals surface area contributed by atoms with Gasteiger partial charge in [-0.25, -0.2) is 0 Å². The van der Waals surface area contributed by atoms with E-state index in [9.17, 15) is 0 Å². The van der Waals surface area contributed by atoms with Gasteiger partial charge in [-0.2, -0.15) is 0 Å². The molecule has 0 aliphatic rings. The van der Waals surface area contributed by atoms with Crippen LogP contribution >= 0.6 is 27.5 Å². The third-order valence-corrected chi connectivity index (χ3v) is 4.90. The van der Waals surface area contributed by atoms with Crippen LogP contribution < -0.4 is 10.1 Å². The maximum Gasteiger partial charge on any atom is 0.124 e. The van der Waals surface area contributed by atoms with Crippen LogP contribution in [0, 0.1) is 6.92 Å². The SMILES string of the molecule is Cc1c(Cl)cccc1NCc1cc(Br)ccc1OCc1ccccc1. The van der Waals surface area contributed by atoms with Crippen LogP contribution in [0.15, 0.2) is 71.2 Å². The van der Waals surface area contributed by atoms with Gasteiger partial charge < -0.3 is 10.1 Å². The van der Waals surface area contributed by atoms with Gasteiger partial charge in [0.05, 0.1) is 0 Å². The lowest BCUT2D eigenvalue weighted by atomic mass is 10.1. The lowest BCUT2D eigenvalue weighted by molar-refractivity contribution is 0.303. The van der Waals surface area contributed by atoms with Gasteiger partial charge in [-0.1, -0.05) is 63.9 Å². The van der Waals surface area contributed by atoms with Crippen molar-refractivity contribution in [1.82, 2.24) is 0 Å². The van der Waals surface area contributed by atoms with E-state index in [1.807, 2.05) is 55.5 Å². The highest BCUT2D eigenvalue weighted by atomic mass is 79.9. The number of anilines is 1. The number of hydrogen-bond acceptors (Lipinski definition) is 2. The molecule has 0 unspecified atom stereocenters. The van der Waals surface area contributed by atoms with Crippen LogP contribution in [0.3, 0.4) is 0 Å². The average Bonchev–Trinajstić information content (AvgIpc) is 2.63. The highest BCUT2D eigenvalue weighted by Crippen LogP contribution is 2.27. The predicted octanol–water partition coefficient (Wildman–Crippen LogP) is 6.60. The molecule has 0 radical (unpaired) electrons. The maximum atomic E-state index is 6.20. The second-order valence-corrected chi connectivity index (χ2v) is 7.12. The zero-order chi connectivity index (χ0) is 17.6. The van der Waals surface area contributed by atoms with Crippen molar-refractivity contribution in [1.29, 1.82) is 0 Å². The van der Waals surface area contributed by atoms with Crippen molar-refractivity contribution in [2.75, 3.05) is 5.32 Å². The first-order valence-corrected chi connectivity index (χ1v) is 9.25. The van der Waals surface area contributed by atoms with Crippen LogP contribution in [0.4, 0.5) is 5.69 Å². The Labute approximate surface area is 161 Å². The summed E-state index contributed by atoms with van der Waals surface area (Å²) in [4.78, 5) is 0. The van der Waals surface area contributed by atoms with E-state index in [0.29, 0.717) is 13.2 Å². The number of nitrogens with one attached hydrogen (secondary N) is 1. The van der Waals surface area contributed by atoms with Gasteiger partial charge in [0.2, 0.25) is 0 Å². The molecule has 0 bridgehead atoms. The van der Waals surface area contributed by atoms with Crippen LogP contribution in [-0.4, -0.2) is 0 Å². The zero-order valence-electron chi connectivity index (χ0n) is 13.9. The second kappa shape index (κ2) is 8.41. The Morgan fingerprint density at radius 3 is 2.60 bits per heavy atom. The molecule has 3 rings (SSSR count). The van der Waals surface area contributed by atoms with Crippen molar-refractivity contribution in [3.8, 4) is 5.75 Å². The monoisotopic (exact) mass is 415 g/mol. The number of halogens is 2. The second-order valence-electron chi connectivity index (χ2n) is 5.79. The minimum absolute atomic E-state index is 0.547. The lowest BCUT2D eigenvalue weighted by Gasteiger charge is -2.15. The highest BCUT2D eigenvalue weighted by molar-refractivity contribution is 9.10. The fourth-order valence-corrected chi connectivity index (χ4v) is 3.13. The summed E-state index contributed by atoms with van der Waals surface area (Å²) in [5.41, 5.74) is 4.31. The standard InChI is InChI=1S/C21H19BrClNO/c1-15-19(23)8-5-9-20(15)24-13-17-12-18(22)10-11-21(17)25-14-16-6-3-2-4-7-16/h2-12,24H,13-14H2,1H3. The Kier molecular flexibility index (Phi) is 6.00. The minimum atomic E-state index is 0.547. The topological polar surface area (TPSA) is 21.3 Å². The fraction of sp³-hybridized carbons (Fsp3) is 0.143. The maximum absolute atomic E-state index is 6.20. The van der Waals surface area contributed by atoms with Crippen LogP contribution in [-0.2, 0) is 13.2 Å². The van der Waals surface area contributed by atoms with Gasteiger partial charge >= 0.3 is 0 Å². The molecule has 0 heterocycles. The first kappa shape index (κ1) is 17.8. The van der Waals surface area contributed by atoms with Crippen LogP contribution in [0.5, 0.6) is 5.75 Å². The van der Waals surface area contributed by atoms with Crippen LogP contribution in [0.25, 0.3) is 0 Å². The van der Waals surface area contributed by atoms with Gasteiger partial charge in [-0.05, 0) is 48.4 Å². The van der Waals surface area contributed by atoms with Gasteiger partial charge in [-0.3, -0.25) is 0 Å². The van der Waals surface area contributed by atoms with Crippen LogP contribution in [0.1, 0.15) is 16.7 Å². The quantitative estimate of drug-likeness (QED) is 0.488. The van der Waals surface area contributed by atoms with E-state index >= 15 is 0 Å². The summed E-state index contributed by atoms with van der Waals surface area (Å²) in [7, 11) is 0. The Morgan fingerprint density at radius 1 is 1.00 bits per heavy atom. The van der Waals surface area contributed by atoms with Crippen molar-refractivity contribution in [3.63, 3.8) is 0 Å². The molecule has 3 aromatic carbocycles. The van der Waals surface area contributed by atoms with Gasteiger partial charge in [0.1, 0.15) is 12.4 Å². The lowest BCUT2D eigenvalue weighted by Crippen LogP contribution is -2.05. The van der Waals surface area contributed by atoms with E-state index in [1.165, 1.54) is 0 Å². The number of ether oxygens (including phenoxy) is 1. The smallest absolute Gasteiger partial charge is 0.124 e. The molecule has 3 aromatic rings. The molecule has 0 fully saturated rings. The number of benzene rings is 3. The van der Waals surface area contributed by atoms with Crippen LogP contribution in [0.2, 0.25) is 5.02 Å². The van der Waals surface area contributed by atoms with Crippen molar-refractivity contribution < 1.29 is 4.74 Å². The Morgan fingerprint density at radius 2 is 1.80 bits per heavy atom. The summed E-state index contributed by atoms with van der Waals surface area (Å²) >= 11 is 9.74. The third kappa shape index (κ3) is 4.77. The molecule has 0 aliphatic heterocycles. The first-order valence-electron chi connectivity index (χ1n) is 8.07. The summed E-state index contributed by atoms with van der Waals surface area (Å²) in [6.45, 7) is 3.22.